The fourth-order valence-corrected chi connectivity index (χ4v) is 5.99. The first-order valence-electron chi connectivity index (χ1n) is 10.4. The Morgan fingerprint density at radius 3 is 2.27 bits per heavy atom. The molecule has 0 saturated carbocycles. The zero-order valence-electron chi connectivity index (χ0n) is 17.8. The number of benzene rings is 2. The topological polar surface area (TPSA) is 101 Å². The minimum atomic E-state index is -3.33. The van der Waals surface area contributed by atoms with Crippen molar-refractivity contribution in [2.24, 2.45) is 0 Å². The van der Waals surface area contributed by atoms with Gasteiger partial charge in [-0.2, -0.15) is 4.98 Å². The predicted octanol–water partition coefficient (Wildman–Crippen LogP) is 3.53. The maximum Gasteiger partial charge on any atom is 0.223 e. The number of aromatic nitrogens is 2. The van der Waals surface area contributed by atoms with Gasteiger partial charge in [-0.15, -0.1) is 11.3 Å². The van der Waals surface area contributed by atoms with Crippen LogP contribution in [-0.4, -0.2) is 49.6 Å². The highest BCUT2D eigenvalue weighted by atomic mass is 32.2. The number of nitrogens with two attached hydrogens (primary N) is 1. The van der Waals surface area contributed by atoms with E-state index in [1.807, 2.05) is 6.07 Å². The number of nitrogens with zero attached hydrogens (tertiary/aromatic N) is 3. The average molecular weight is 484 g/mol. The summed E-state index contributed by atoms with van der Waals surface area (Å²) in [5.74, 6) is 0.302. The molecule has 33 heavy (non-hydrogen) atoms. The molecule has 3 heterocycles. The Labute approximate surface area is 195 Å². The summed E-state index contributed by atoms with van der Waals surface area (Å²) in [4.78, 5) is 12.0. The molecule has 170 valence electrons. The maximum absolute atomic E-state index is 13.2. The molecule has 1 unspecified atom stereocenters. The van der Waals surface area contributed by atoms with E-state index < -0.39 is 15.2 Å². The number of thiophene rings is 1. The molecule has 3 N–H and O–H groups in total. The van der Waals surface area contributed by atoms with Crippen molar-refractivity contribution in [2.75, 3.05) is 36.5 Å². The summed E-state index contributed by atoms with van der Waals surface area (Å²) in [5.41, 5.74) is 9.60. The molecule has 1 fully saturated rings. The third kappa shape index (κ3) is 4.29. The fraction of sp³-hybridized carbons (Fsp3) is 0.217. The predicted molar refractivity (Wildman–Crippen MR) is 132 cm³/mol. The van der Waals surface area contributed by atoms with E-state index in [-0.39, 0.29) is 11.8 Å². The van der Waals surface area contributed by atoms with Crippen LogP contribution in [0.4, 0.5) is 16.2 Å². The van der Waals surface area contributed by atoms with Crippen LogP contribution < -0.4 is 16.0 Å². The Morgan fingerprint density at radius 2 is 1.70 bits per heavy atom. The molecule has 1 aliphatic heterocycles. The van der Waals surface area contributed by atoms with Crippen LogP contribution >= 0.6 is 11.3 Å². The Kier molecular flexibility index (Phi) is 5.51. The number of nitrogen functional groups attached to an aromatic ring is 1. The van der Waals surface area contributed by atoms with Crippen LogP contribution in [0.25, 0.3) is 31.8 Å². The molecule has 2 aromatic heterocycles. The van der Waals surface area contributed by atoms with E-state index in [1.165, 1.54) is 40.9 Å². The van der Waals surface area contributed by atoms with Crippen LogP contribution in [-0.2, 0) is 9.84 Å². The van der Waals surface area contributed by atoms with E-state index in [1.54, 1.807) is 17.0 Å². The molecule has 10 heteroatoms. The molecule has 6 rings (SSSR count). The molecule has 1 saturated heterocycles. The monoisotopic (exact) mass is 483 g/mol. The molecule has 0 spiro atoms. The van der Waals surface area contributed by atoms with Crippen LogP contribution in [0.2, 0.25) is 0 Å². The van der Waals surface area contributed by atoms with Crippen molar-refractivity contribution in [2.45, 2.75) is 5.37 Å². The molecule has 0 radical (unpaired) electrons. The van der Waals surface area contributed by atoms with Crippen molar-refractivity contribution in [3.63, 3.8) is 0 Å². The van der Waals surface area contributed by atoms with E-state index in [2.05, 4.69) is 39.6 Å². The third-order valence-electron chi connectivity index (χ3n) is 5.70. The van der Waals surface area contributed by atoms with Crippen LogP contribution in [0.3, 0.4) is 0 Å². The number of fused-ring (bicyclic) bond motifs is 2. The number of piperazine rings is 1. The Hall–Kier alpha value is -3.08. The molecule has 0 bridgehead atoms. The Bertz CT molecular complexity index is 1400. The van der Waals surface area contributed by atoms with Gasteiger partial charge in [-0.3, -0.25) is 0 Å². The van der Waals surface area contributed by atoms with Crippen molar-refractivity contribution < 1.29 is 12.8 Å². The minimum Gasteiger partial charge on any atom is -0.368 e. The lowest BCUT2D eigenvalue weighted by atomic mass is 9.95. The third-order valence-corrected chi connectivity index (χ3v) is 8.19. The van der Waals surface area contributed by atoms with Crippen molar-refractivity contribution in [3.05, 3.63) is 60.4 Å². The number of anilines is 2. The van der Waals surface area contributed by atoms with Gasteiger partial charge in [-0.05, 0) is 34.9 Å². The summed E-state index contributed by atoms with van der Waals surface area (Å²) in [5, 5.41) is 3.13. The number of hydrogen-bond donors (Lipinski definition) is 2. The first-order valence-corrected chi connectivity index (χ1v) is 13.2. The van der Waals surface area contributed by atoms with Crippen molar-refractivity contribution in [3.8, 4) is 21.6 Å². The molecule has 0 amide bonds. The van der Waals surface area contributed by atoms with Gasteiger partial charge in [0.25, 0.3) is 0 Å². The molecule has 3 aromatic rings. The zero-order chi connectivity index (χ0) is 23.2. The number of nitrogens with one attached hydrogen (secondary N) is 1. The van der Waals surface area contributed by atoms with Gasteiger partial charge in [0.05, 0.1) is 5.39 Å². The summed E-state index contributed by atoms with van der Waals surface area (Å²) in [6.45, 7) is 1.45. The molecule has 3 aliphatic rings. The van der Waals surface area contributed by atoms with E-state index in [0.717, 1.165) is 15.8 Å². The van der Waals surface area contributed by atoms with Gasteiger partial charge in [0, 0.05) is 30.8 Å². The number of hydrogen-bond acceptors (Lipinski definition) is 8. The van der Waals surface area contributed by atoms with Gasteiger partial charge in [-0.25, -0.2) is 17.8 Å². The van der Waals surface area contributed by atoms with Crippen molar-refractivity contribution in [1.29, 1.82) is 0 Å². The lowest BCUT2D eigenvalue weighted by molar-refractivity contribution is 0.520. The molecular weight excluding hydrogens is 461 g/mol. The summed E-state index contributed by atoms with van der Waals surface area (Å²) in [7, 11) is -3.33. The molecule has 1 aromatic carbocycles. The van der Waals surface area contributed by atoms with Crippen LogP contribution in [0, 0.1) is 5.82 Å². The summed E-state index contributed by atoms with van der Waals surface area (Å²) >= 11 is 1.41. The highest BCUT2D eigenvalue weighted by Crippen LogP contribution is 2.38. The molecule has 2 aliphatic carbocycles. The second kappa shape index (κ2) is 8.36. The van der Waals surface area contributed by atoms with Gasteiger partial charge in [0.1, 0.15) is 21.8 Å². The summed E-state index contributed by atoms with van der Waals surface area (Å²) < 4.78 is 37.7. The zero-order valence-corrected chi connectivity index (χ0v) is 19.5. The second-order valence-corrected chi connectivity index (χ2v) is 11.2. The lowest BCUT2D eigenvalue weighted by Gasteiger charge is -2.36. The number of rotatable bonds is 3. The fourth-order valence-electron chi connectivity index (χ4n) is 3.86. The van der Waals surface area contributed by atoms with Crippen LogP contribution in [0.15, 0.2) is 54.6 Å². The first-order chi connectivity index (χ1) is 15.8. The SMILES string of the molecule is CS(=O)(=O)C1CNCCN1c1nc(N)nc2sc(-c3ccc(F)cc3)cc12.c1cc2ccc1-2. The van der Waals surface area contributed by atoms with Gasteiger partial charge in [0.2, 0.25) is 5.95 Å². The summed E-state index contributed by atoms with van der Waals surface area (Å²) in [6, 6.07) is 16.6. The number of sulfone groups is 1. The first kappa shape index (κ1) is 21.7. The molecule has 7 nitrogen and oxygen atoms in total. The normalized spacial score (nSPS) is 16.9. The Morgan fingerprint density at radius 1 is 1.06 bits per heavy atom. The largest absolute Gasteiger partial charge is 0.368 e. The van der Waals surface area contributed by atoms with E-state index in [4.69, 9.17) is 5.73 Å². The van der Waals surface area contributed by atoms with Gasteiger partial charge < -0.3 is 16.0 Å². The minimum absolute atomic E-state index is 0.0933. The van der Waals surface area contributed by atoms with E-state index in [9.17, 15) is 12.8 Å². The van der Waals surface area contributed by atoms with Gasteiger partial charge >= 0.3 is 0 Å². The lowest BCUT2D eigenvalue weighted by Crippen LogP contribution is -2.55. The van der Waals surface area contributed by atoms with E-state index >= 15 is 0 Å². The van der Waals surface area contributed by atoms with Crippen LogP contribution in [0.5, 0.6) is 0 Å². The molecular formula is C23H22FN5O2S2. The highest BCUT2D eigenvalue weighted by Gasteiger charge is 2.33. The highest BCUT2D eigenvalue weighted by molar-refractivity contribution is 7.91. The quantitative estimate of drug-likeness (QED) is 0.405. The van der Waals surface area contributed by atoms with Crippen molar-refractivity contribution >= 4 is 43.2 Å². The van der Waals surface area contributed by atoms with Crippen molar-refractivity contribution in [1.82, 2.24) is 15.3 Å². The smallest absolute Gasteiger partial charge is 0.223 e. The Balaban J connectivity index is 0.000000324. The maximum atomic E-state index is 13.2. The second-order valence-electron chi connectivity index (χ2n) is 8.00. The molecule has 1 atom stereocenters. The van der Waals surface area contributed by atoms with E-state index in [0.29, 0.717) is 30.3 Å². The number of halogens is 1. The standard InChI is InChI=1S/C17H18FN5O2S2.C6H4/c1-27(24,25)14-9-20-6-7-23(14)15-12-8-13(10-2-4-11(18)5-3-10)26-16(12)22-17(19)21-15;1-2-6-4-3-5(1)6/h2-5,8,14,20H,6-7,9H2,1H3,(H2,19,21,22);1-4H. The average Bonchev–Trinajstić information content (AvgIpc) is 3.20. The van der Waals surface area contributed by atoms with Gasteiger partial charge in [-0.1, -0.05) is 36.4 Å². The summed E-state index contributed by atoms with van der Waals surface area (Å²) in [6.07, 6.45) is 1.22. The van der Waals surface area contributed by atoms with Crippen LogP contribution in [0.1, 0.15) is 0 Å². The van der Waals surface area contributed by atoms with Gasteiger partial charge in [0.15, 0.2) is 9.84 Å².